The molecule has 0 bridgehead atoms. The van der Waals surface area contributed by atoms with Crippen molar-refractivity contribution in [3.8, 4) is 0 Å². The molecule has 0 heterocycles. The molecule has 0 aromatic heterocycles. The number of carbonyl (C=O) groups is 2. The van der Waals surface area contributed by atoms with Gasteiger partial charge in [0.05, 0.1) is 18.3 Å². The highest BCUT2D eigenvalue weighted by Crippen LogP contribution is 2.12. The van der Waals surface area contributed by atoms with E-state index in [-0.39, 0.29) is 37.1 Å². The predicted octanol–water partition coefficient (Wildman–Crippen LogP) is 8.60. The zero-order valence-electron chi connectivity index (χ0n) is 30.0. The summed E-state index contributed by atoms with van der Waals surface area (Å²) in [5.74, 6) is -0.0973. The van der Waals surface area contributed by atoms with Crippen LogP contribution in [-0.2, 0) is 9.59 Å². The fraction of sp³-hybridized carbons (Fsp3) is 0.846. The number of unbranched alkanes of at least 4 members (excludes halogenated alkanes) is 16. The predicted molar refractivity (Wildman–Crippen MR) is 194 cm³/mol. The van der Waals surface area contributed by atoms with Crippen LogP contribution in [0.2, 0.25) is 0 Å². The summed E-state index contributed by atoms with van der Waals surface area (Å²) >= 11 is 0. The maximum atomic E-state index is 12.1. The molecule has 0 aliphatic carbocycles. The van der Waals surface area contributed by atoms with E-state index in [0.29, 0.717) is 12.8 Å². The molecule has 0 aromatic carbocycles. The molecule has 0 spiro atoms. The largest absolute Gasteiger partial charge is 0.393 e. The second-order valence-corrected chi connectivity index (χ2v) is 13.3. The molecule has 0 saturated carbocycles. The van der Waals surface area contributed by atoms with Crippen molar-refractivity contribution >= 4 is 11.8 Å². The summed E-state index contributed by atoms with van der Waals surface area (Å²) in [6.07, 6.45) is 33.9. The maximum absolute atomic E-state index is 12.1. The molecule has 2 atom stereocenters. The summed E-state index contributed by atoms with van der Waals surface area (Å²) in [7, 11) is 0. The van der Waals surface area contributed by atoms with Crippen LogP contribution in [-0.4, -0.2) is 58.5 Å². The van der Waals surface area contributed by atoms with Crippen LogP contribution >= 0.6 is 0 Å². The maximum Gasteiger partial charge on any atom is 0.220 e. The Kier molecular flexibility index (Phi) is 33.3. The molecule has 7 heteroatoms. The van der Waals surface area contributed by atoms with Gasteiger partial charge in [-0.05, 0) is 64.2 Å². The van der Waals surface area contributed by atoms with Gasteiger partial charge in [0, 0.05) is 25.9 Å². The molecule has 2 unspecified atom stereocenters. The van der Waals surface area contributed by atoms with Crippen LogP contribution in [0.15, 0.2) is 24.3 Å². The van der Waals surface area contributed by atoms with Crippen LogP contribution in [0.3, 0.4) is 0 Å². The second kappa shape index (κ2) is 34.6. The minimum absolute atomic E-state index is 0.0487. The molecule has 5 N–H and O–H groups in total. The minimum Gasteiger partial charge on any atom is -0.393 e. The Balaban J connectivity index is 3.54. The Morgan fingerprint density at radius 3 is 1.26 bits per heavy atom. The van der Waals surface area contributed by atoms with E-state index >= 15 is 0 Å². The van der Waals surface area contributed by atoms with E-state index in [4.69, 9.17) is 0 Å². The molecule has 0 aliphatic rings. The van der Waals surface area contributed by atoms with Crippen LogP contribution < -0.4 is 10.6 Å². The molecule has 0 radical (unpaired) electrons. The first-order valence-corrected chi connectivity index (χ1v) is 19.3. The fourth-order valence-corrected chi connectivity index (χ4v) is 5.46. The molecule has 270 valence electrons. The summed E-state index contributed by atoms with van der Waals surface area (Å²) in [5.41, 5.74) is 0. The van der Waals surface area contributed by atoms with Crippen molar-refractivity contribution in [1.82, 2.24) is 10.6 Å². The van der Waals surface area contributed by atoms with E-state index in [9.17, 15) is 24.9 Å². The lowest BCUT2D eigenvalue weighted by molar-refractivity contribution is -0.121. The van der Waals surface area contributed by atoms with E-state index in [1.54, 1.807) is 0 Å². The van der Waals surface area contributed by atoms with Crippen molar-refractivity contribution in [2.75, 3.05) is 13.1 Å². The standard InChI is InChI=1S/C39H74N2O5/c1-3-5-7-21-27-35(42)29-23-17-13-9-11-15-19-25-31-38(45)40-33-37(44)34-41-39(46)32-26-20-16-12-10-14-18-24-30-36(43)28-22-8-6-4-2/h17-18,23-24,35-37,42-44H,3-16,19-22,25-34H2,1-2H3,(H,40,45)(H,41,46)/b23-17-,24-18-. The number of hydrogen-bond acceptors (Lipinski definition) is 5. The zero-order valence-corrected chi connectivity index (χ0v) is 30.0. The van der Waals surface area contributed by atoms with Gasteiger partial charge in [0.25, 0.3) is 0 Å². The number of aliphatic hydroxyl groups excluding tert-OH is 3. The lowest BCUT2D eigenvalue weighted by Gasteiger charge is -2.13. The first kappa shape index (κ1) is 44.3. The molecule has 0 rings (SSSR count). The number of carbonyl (C=O) groups excluding carboxylic acids is 2. The lowest BCUT2D eigenvalue weighted by Crippen LogP contribution is -2.39. The Morgan fingerprint density at radius 2 is 0.848 bits per heavy atom. The average molecular weight is 651 g/mol. The van der Waals surface area contributed by atoms with Crippen molar-refractivity contribution in [2.45, 2.75) is 199 Å². The summed E-state index contributed by atoms with van der Waals surface area (Å²) < 4.78 is 0. The highest BCUT2D eigenvalue weighted by molar-refractivity contribution is 5.76. The summed E-state index contributed by atoms with van der Waals surface area (Å²) in [6, 6.07) is 0. The molecular weight excluding hydrogens is 576 g/mol. The Labute approximate surface area is 283 Å². The van der Waals surface area contributed by atoms with Crippen molar-refractivity contribution in [2.24, 2.45) is 0 Å². The van der Waals surface area contributed by atoms with Gasteiger partial charge in [-0.1, -0.05) is 128 Å². The molecule has 7 nitrogen and oxygen atoms in total. The van der Waals surface area contributed by atoms with Crippen molar-refractivity contribution < 1.29 is 24.9 Å². The van der Waals surface area contributed by atoms with Crippen LogP contribution in [0, 0.1) is 0 Å². The highest BCUT2D eigenvalue weighted by Gasteiger charge is 2.09. The third-order valence-electron chi connectivity index (χ3n) is 8.55. The van der Waals surface area contributed by atoms with Crippen LogP contribution in [0.4, 0.5) is 0 Å². The van der Waals surface area contributed by atoms with E-state index in [2.05, 4.69) is 48.8 Å². The summed E-state index contributed by atoms with van der Waals surface area (Å²) in [4.78, 5) is 24.1. The third-order valence-corrected chi connectivity index (χ3v) is 8.55. The SMILES string of the molecule is CCCCCCC(O)C/C=C\CCCCCCCC(=O)NCC(O)CNC(=O)CCCCCCC/C=C\CC(O)CCCCCC. The molecule has 0 saturated heterocycles. The molecule has 0 fully saturated rings. The number of hydrogen-bond donors (Lipinski definition) is 5. The molecular formula is C39H74N2O5. The molecule has 46 heavy (non-hydrogen) atoms. The van der Waals surface area contributed by atoms with E-state index < -0.39 is 6.10 Å². The number of amides is 2. The van der Waals surface area contributed by atoms with Gasteiger partial charge in [-0.15, -0.1) is 0 Å². The van der Waals surface area contributed by atoms with Gasteiger partial charge in [-0.2, -0.15) is 0 Å². The monoisotopic (exact) mass is 651 g/mol. The Bertz CT molecular complexity index is 682. The minimum atomic E-state index is -0.779. The van der Waals surface area contributed by atoms with Crippen molar-refractivity contribution in [1.29, 1.82) is 0 Å². The normalized spacial score (nSPS) is 13.8. The quantitative estimate of drug-likeness (QED) is 0.0353. The topological polar surface area (TPSA) is 119 Å². The summed E-state index contributed by atoms with van der Waals surface area (Å²) in [6.45, 7) is 4.72. The van der Waals surface area contributed by atoms with Crippen LogP contribution in [0.1, 0.15) is 181 Å². The summed E-state index contributed by atoms with van der Waals surface area (Å²) in [5, 5.41) is 35.6. The Hall–Kier alpha value is -1.70. The highest BCUT2D eigenvalue weighted by atomic mass is 16.3. The second-order valence-electron chi connectivity index (χ2n) is 13.3. The van der Waals surface area contributed by atoms with Crippen LogP contribution in [0.5, 0.6) is 0 Å². The van der Waals surface area contributed by atoms with Crippen LogP contribution in [0.25, 0.3) is 0 Å². The first-order valence-electron chi connectivity index (χ1n) is 19.3. The smallest absolute Gasteiger partial charge is 0.220 e. The number of allylic oxidation sites excluding steroid dienone is 2. The third kappa shape index (κ3) is 33.7. The Morgan fingerprint density at radius 1 is 0.478 bits per heavy atom. The van der Waals surface area contributed by atoms with Gasteiger partial charge in [0.15, 0.2) is 0 Å². The van der Waals surface area contributed by atoms with E-state index in [1.165, 1.54) is 38.5 Å². The van der Waals surface area contributed by atoms with Gasteiger partial charge in [0.2, 0.25) is 11.8 Å². The molecule has 0 aromatic rings. The molecule has 0 aliphatic heterocycles. The number of aliphatic hydroxyl groups is 3. The number of rotatable bonds is 34. The lowest BCUT2D eigenvalue weighted by atomic mass is 10.1. The van der Waals surface area contributed by atoms with Crippen molar-refractivity contribution in [3.63, 3.8) is 0 Å². The first-order chi connectivity index (χ1) is 22.4. The van der Waals surface area contributed by atoms with Gasteiger partial charge in [0.1, 0.15) is 0 Å². The van der Waals surface area contributed by atoms with Gasteiger partial charge in [-0.3, -0.25) is 9.59 Å². The fourth-order valence-electron chi connectivity index (χ4n) is 5.46. The van der Waals surface area contributed by atoms with E-state index in [1.807, 2.05) is 0 Å². The average Bonchev–Trinajstić information content (AvgIpc) is 3.04. The van der Waals surface area contributed by atoms with Gasteiger partial charge < -0.3 is 26.0 Å². The zero-order chi connectivity index (χ0) is 33.9. The van der Waals surface area contributed by atoms with Crippen molar-refractivity contribution in [3.05, 3.63) is 24.3 Å². The van der Waals surface area contributed by atoms with Gasteiger partial charge >= 0.3 is 0 Å². The number of nitrogens with one attached hydrogen (secondary N) is 2. The van der Waals surface area contributed by atoms with Gasteiger partial charge in [-0.25, -0.2) is 0 Å². The van der Waals surface area contributed by atoms with E-state index in [0.717, 1.165) is 116 Å². The molecule has 2 amide bonds.